The Morgan fingerprint density at radius 3 is 2.64 bits per heavy atom. The maximum Gasteiger partial charge on any atom is 0.262 e. The largest absolute Gasteiger partial charge is 0.381 e. The number of ether oxygens (including phenoxy) is 1. The lowest BCUT2D eigenvalue weighted by molar-refractivity contribution is 0.0673. The number of hydrogen-bond acceptors (Lipinski definition) is 4. The van der Waals surface area contributed by atoms with Gasteiger partial charge >= 0.3 is 0 Å². The third kappa shape index (κ3) is 3.42. The fraction of sp³-hybridized carbons (Fsp3) is 0.353. The van der Waals surface area contributed by atoms with Gasteiger partial charge in [0.1, 0.15) is 11.2 Å². The summed E-state index contributed by atoms with van der Waals surface area (Å²) in [6, 6.07) is 5.50. The van der Waals surface area contributed by atoms with E-state index in [0.717, 1.165) is 18.4 Å². The number of halogens is 2. The summed E-state index contributed by atoms with van der Waals surface area (Å²) in [7, 11) is 0. The first-order valence-corrected chi connectivity index (χ1v) is 8.85. The van der Waals surface area contributed by atoms with Gasteiger partial charge < -0.3 is 9.72 Å². The van der Waals surface area contributed by atoms with Crippen LogP contribution < -0.4 is 5.56 Å². The Bertz CT molecular complexity index is 956. The van der Waals surface area contributed by atoms with Crippen LogP contribution >= 0.6 is 23.2 Å². The molecule has 25 heavy (non-hydrogen) atoms. The topological polar surface area (TPSA) is 72.8 Å². The molecule has 0 saturated carbocycles. The molecule has 3 aromatic rings. The monoisotopic (exact) mass is 378 g/mol. The van der Waals surface area contributed by atoms with Crippen LogP contribution in [0.4, 0.5) is 0 Å². The van der Waals surface area contributed by atoms with Crippen molar-refractivity contribution in [3.8, 4) is 0 Å². The van der Waals surface area contributed by atoms with E-state index < -0.39 is 0 Å². The van der Waals surface area contributed by atoms with E-state index in [2.05, 4.69) is 15.1 Å². The lowest BCUT2D eigenvalue weighted by Crippen LogP contribution is -2.21. The van der Waals surface area contributed by atoms with Crippen LogP contribution in [0.2, 0.25) is 10.0 Å². The summed E-state index contributed by atoms with van der Waals surface area (Å²) in [6.07, 6.45) is 3.75. The normalized spacial score (nSPS) is 15.8. The molecule has 0 amide bonds. The Hall–Kier alpha value is -1.89. The second kappa shape index (κ2) is 6.78. The molecule has 4 rings (SSSR count). The summed E-state index contributed by atoms with van der Waals surface area (Å²) in [4.78, 5) is 19.9. The van der Waals surface area contributed by atoms with Crippen molar-refractivity contribution in [1.82, 2.24) is 19.7 Å². The van der Waals surface area contributed by atoms with Gasteiger partial charge in [-0.25, -0.2) is 9.67 Å². The Morgan fingerprint density at radius 2 is 1.92 bits per heavy atom. The van der Waals surface area contributed by atoms with Crippen LogP contribution in [-0.2, 0) is 11.2 Å². The minimum Gasteiger partial charge on any atom is -0.381 e. The molecule has 3 heterocycles. The van der Waals surface area contributed by atoms with Gasteiger partial charge in [0.15, 0.2) is 5.65 Å². The molecule has 0 unspecified atom stereocenters. The van der Waals surface area contributed by atoms with Gasteiger partial charge in [-0.15, -0.1) is 0 Å². The first-order chi connectivity index (χ1) is 12.1. The van der Waals surface area contributed by atoms with E-state index in [1.54, 1.807) is 12.3 Å². The number of rotatable bonds is 3. The molecule has 0 atom stereocenters. The SMILES string of the molecule is O=c1[nH]c(Cc2cc(Cl)cc(Cl)c2)nc2c1cnn2C1CCOCC1. The fourth-order valence-corrected chi connectivity index (χ4v) is 3.74. The molecule has 0 radical (unpaired) electrons. The van der Waals surface area contributed by atoms with E-state index in [4.69, 9.17) is 27.9 Å². The maximum absolute atomic E-state index is 12.4. The number of fused-ring (bicyclic) bond motifs is 1. The maximum atomic E-state index is 12.4. The number of nitrogens with one attached hydrogen (secondary N) is 1. The average molecular weight is 379 g/mol. The fourth-order valence-electron chi connectivity index (χ4n) is 3.17. The first kappa shape index (κ1) is 16.6. The zero-order valence-electron chi connectivity index (χ0n) is 13.3. The van der Waals surface area contributed by atoms with Crippen LogP contribution in [0.5, 0.6) is 0 Å². The van der Waals surface area contributed by atoms with E-state index in [0.29, 0.717) is 46.5 Å². The van der Waals surface area contributed by atoms with Gasteiger partial charge in [0.2, 0.25) is 0 Å². The average Bonchev–Trinajstić information content (AvgIpc) is 2.99. The Kier molecular flexibility index (Phi) is 4.50. The quantitative estimate of drug-likeness (QED) is 0.758. The van der Waals surface area contributed by atoms with Gasteiger partial charge in [0, 0.05) is 29.7 Å². The van der Waals surface area contributed by atoms with E-state index in [9.17, 15) is 4.79 Å². The summed E-state index contributed by atoms with van der Waals surface area (Å²) < 4.78 is 7.25. The van der Waals surface area contributed by atoms with Crippen molar-refractivity contribution < 1.29 is 4.74 Å². The molecule has 0 spiro atoms. The third-order valence-electron chi connectivity index (χ3n) is 4.34. The molecule has 1 fully saturated rings. The van der Waals surface area contributed by atoms with Crippen molar-refractivity contribution in [1.29, 1.82) is 0 Å². The van der Waals surface area contributed by atoms with Crippen molar-refractivity contribution in [2.75, 3.05) is 13.2 Å². The molecular formula is C17H16Cl2N4O2. The van der Waals surface area contributed by atoms with Gasteiger partial charge in [0.05, 0.1) is 12.2 Å². The first-order valence-electron chi connectivity index (χ1n) is 8.09. The Morgan fingerprint density at radius 1 is 1.20 bits per heavy atom. The minimum atomic E-state index is -0.188. The summed E-state index contributed by atoms with van der Waals surface area (Å²) in [5, 5.41) is 6.00. The summed E-state index contributed by atoms with van der Waals surface area (Å²) in [5.41, 5.74) is 1.31. The van der Waals surface area contributed by atoms with Crippen molar-refractivity contribution in [3.05, 3.63) is 56.2 Å². The second-order valence-electron chi connectivity index (χ2n) is 6.14. The van der Waals surface area contributed by atoms with Crippen molar-refractivity contribution in [2.45, 2.75) is 25.3 Å². The van der Waals surface area contributed by atoms with E-state index in [1.807, 2.05) is 16.8 Å². The van der Waals surface area contributed by atoms with Crippen molar-refractivity contribution in [2.24, 2.45) is 0 Å². The highest BCUT2D eigenvalue weighted by Gasteiger charge is 2.20. The molecule has 2 aromatic heterocycles. The molecule has 1 aromatic carbocycles. The molecule has 130 valence electrons. The van der Waals surface area contributed by atoms with Crippen LogP contribution in [0.25, 0.3) is 11.0 Å². The van der Waals surface area contributed by atoms with Gasteiger partial charge in [-0.05, 0) is 36.6 Å². The molecule has 1 aliphatic rings. The Balaban J connectivity index is 1.73. The molecule has 1 aliphatic heterocycles. The van der Waals surface area contributed by atoms with Crippen molar-refractivity contribution in [3.63, 3.8) is 0 Å². The van der Waals surface area contributed by atoms with Crippen molar-refractivity contribution >= 4 is 34.2 Å². The zero-order chi connectivity index (χ0) is 17.4. The molecule has 1 saturated heterocycles. The van der Waals surface area contributed by atoms with Crippen LogP contribution in [0.15, 0.2) is 29.2 Å². The molecular weight excluding hydrogens is 363 g/mol. The van der Waals surface area contributed by atoms with Gasteiger partial charge in [-0.1, -0.05) is 23.2 Å². The third-order valence-corrected chi connectivity index (χ3v) is 4.78. The zero-order valence-corrected chi connectivity index (χ0v) is 14.8. The van der Waals surface area contributed by atoms with Crippen LogP contribution in [-0.4, -0.2) is 33.0 Å². The summed E-state index contributed by atoms with van der Waals surface area (Å²) in [6.45, 7) is 1.40. The highest BCUT2D eigenvalue weighted by molar-refractivity contribution is 6.34. The van der Waals surface area contributed by atoms with E-state index >= 15 is 0 Å². The molecule has 0 bridgehead atoms. The van der Waals surface area contributed by atoms with Gasteiger partial charge in [0.25, 0.3) is 5.56 Å². The predicted octanol–water partition coefficient (Wildman–Crippen LogP) is 3.37. The van der Waals surface area contributed by atoms with Crippen LogP contribution in [0.3, 0.4) is 0 Å². The van der Waals surface area contributed by atoms with E-state index in [-0.39, 0.29) is 11.6 Å². The number of aromatic amines is 1. The lowest BCUT2D eigenvalue weighted by Gasteiger charge is -2.22. The minimum absolute atomic E-state index is 0.188. The molecule has 1 N–H and O–H groups in total. The number of hydrogen-bond donors (Lipinski definition) is 1. The van der Waals surface area contributed by atoms with Gasteiger partial charge in [-0.2, -0.15) is 5.10 Å². The van der Waals surface area contributed by atoms with Crippen LogP contribution in [0.1, 0.15) is 30.3 Å². The number of H-pyrrole nitrogens is 1. The highest BCUT2D eigenvalue weighted by Crippen LogP contribution is 2.24. The predicted molar refractivity (Wildman–Crippen MR) is 96.5 cm³/mol. The molecule has 8 heteroatoms. The molecule has 6 nitrogen and oxygen atoms in total. The number of nitrogens with zero attached hydrogens (tertiary/aromatic N) is 3. The highest BCUT2D eigenvalue weighted by atomic mass is 35.5. The molecule has 0 aliphatic carbocycles. The number of aromatic nitrogens is 4. The summed E-state index contributed by atoms with van der Waals surface area (Å²) in [5.74, 6) is 0.560. The van der Waals surface area contributed by atoms with E-state index in [1.165, 1.54) is 0 Å². The smallest absolute Gasteiger partial charge is 0.262 e. The standard InChI is InChI=1S/C17H16Cl2N4O2/c18-11-5-10(6-12(19)8-11)7-15-21-16-14(17(24)22-15)9-20-23(16)13-1-3-25-4-2-13/h5-6,8-9,13H,1-4,7H2,(H,21,22,24). The van der Waals surface area contributed by atoms with Gasteiger partial charge in [-0.3, -0.25) is 4.79 Å². The Labute approximate surface area is 153 Å². The lowest BCUT2D eigenvalue weighted by atomic mass is 10.1. The summed E-state index contributed by atoms with van der Waals surface area (Å²) >= 11 is 12.1. The number of benzene rings is 1. The second-order valence-corrected chi connectivity index (χ2v) is 7.01. The van der Waals surface area contributed by atoms with Crippen LogP contribution in [0, 0.1) is 0 Å².